The Morgan fingerprint density at radius 1 is 1.19 bits per heavy atom. The molecule has 0 fully saturated rings. The Kier molecular flexibility index (Phi) is 2.54. The van der Waals surface area contributed by atoms with Gasteiger partial charge in [-0.1, -0.05) is 29.4 Å². The lowest BCUT2D eigenvalue weighted by Crippen LogP contribution is -2.19. The van der Waals surface area contributed by atoms with Crippen LogP contribution in [-0.4, -0.2) is 10.1 Å². The van der Waals surface area contributed by atoms with Gasteiger partial charge in [0.25, 0.3) is 5.89 Å². The van der Waals surface area contributed by atoms with Gasteiger partial charge in [0.2, 0.25) is 0 Å². The van der Waals surface area contributed by atoms with Crippen molar-refractivity contribution in [2.45, 2.75) is 12.3 Å². The molecule has 1 aliphatic carbocycles. The van der Waals surface area contributed by atoms with Crippen molar-refractivity contribution in [1.82, 2.24) is 10.1 Å². The number of halogens is 1. The molecule has 104 valence electrons. The second-order valence-corrected chi connectivity index (χ2v) is 5.15. The average molecular weight is 281 g/mol. The van der Waals surface area contributed by atoms with Gasteiger partial charge in [0.05, 0.1) is 11.6 Å². The molecule has 1 aliphatic rings. The number of anilines is 1. The summed E-state index contributed by atoms with van der Waals surface area (Å²) < 4.78 is 18.5. The summed E-state index contributed by atoms with van der Waals surface area (Å²) in [6.45, 7) is 0. The quantitative estimate of drug-likeness (QED) is 0.733. The molecule has 1 unspecified atom stereocenters. The standard InChI is InChI=1S/C16H12FN3O/c17-13-6-5-10(8-14(13)18)16-19-15(20-21-16)12-7-9-3-1-2-4-11(9)12/h1-6,8,12H,7,18H2. The van der Waals surface area contributed by atoms with Crippen molar-refractivity contribution in [3.05, 3.63) is 65.2 Å². The first kappa shape index (κ1) is 12.1. The lowest BCUT2D eigenvalue weighted by Gasteiger charge is -2.27. The molecule has 1 heterocycles. The number of hydrogen-bond donors (Lipinski definition) is 1. The number of nitrogen functional groups attached to an aromatic ring is 1. The summed E-state index contributed by atoms with van der Waals surface area (Å²) in [6.07, 6.45) is 0.917. The lowest BCUT2D eigenvalue weighted by atomic mass is 9.77. The Labute approximate surface area is 120 Å². The van der Waals surface area contributed by atoms with Gasteiger partial charge in [0.15, 0.2) is 5.82 Å². The van der Waals surface area contributed by atoms with Crippen molar-refractivity contribution < 1.29 is 8.91 Å². The fourth-order valence-electron chi connectivity index (χ4n) is 2.66. The van der Waals surface area contributed by atoms with Crippen molar-refractivity contribution >= 4 is 5.69 Å². The molecule has 4 rings (SSSR count). The zero-order valence-electron chi connectivity index (χ0n) is 11.1. The van der Waals surface area contributed by atoms with E-state index in [0.29, 0.717) is 17.3 Å². The normalized spacial score (nSPS) is 16.3. The van der Waals surface area contributed by atoms with E-state index >= 15 is 0 Å². The van der Waals surface area contributed by atoms with Crippen molar-refractivity contribution in [3.8, 4) is 11.5 Å². The van der Waals surface area contributed by atoms with Crippen LogP contribution in [0.2, 0.25) is 0 Å². The number of aromatic nitrogens is 2. The van der Waals surface area contributed by atoms with Crippen LogP contribution in [0.1, 0.15) is 22.9 Å². The Morgan fingerprint density at radius 2 is 2.05 bits per heavy atom. The van der Waals surface area contributed by atoms with Gasteiger partial charge in [-0.15, -0.1) is 0 Å². The first-order valence-corrected chi connectivity index (χ1v) is 6.69. The SMILES string of the molecule is Nc1cc(-c2nc(C3Cc4ccccc43)no2)ccc1F. The van der Waals surface area contributed by atoms with E-state index in [1.165, 1.54) is 23.3 Å². The lowest BCUT2D eigenvalue weighted by molar-refractivity contribution is 0.416. The zero-order valence-corrected chi connectivity index (χ0v) is 11.1. The fraction of sp³-hybridized carbons (Fsp3) is 0.125. The van der Waals surface area contributed by atoms with Gasteiger partial charge in [-0.05, 0) is 35.7 Å². The van der Waals surface area contributed by atoms with Gasteiger partial charge in [0.1, 0.15) is 5.82 Å². The molecule has 0 radical (unpaired) electrons. The van der Waals surface area contributed by atoms with Gasteiger partial charge < -0.3 is 10.3 Å². The summed E-state index contributed by atoms with van der Waals surface area (Å²) in [5.74, 6) is 0.746. The van der Waals surface area contributed by atoms with E-state index in [0.717, 1.165) is 6.42 Å². The topological polar surface area (TPSA) is 64.9 Å². The molecular formula is C16H12FN3O. The minimum Gasteiger partial charge on any atom is -0.396 e. The molecule has 3 aromatic rings. The van der Waals surface area contributed by atoms with Crippen LogP contribution in [0.4, 0.5) is 10.1 Å². The molecule has 5 heteroatoms. The monoisotopic (exact) mass is 281 g/mol. The molecule has 2 N–H and O–H groups in total. The maximum absolute atomic E-state index is 13.2. The number of rotatable bonds is 2. The van der Waals surface area contributed by atoms with Crippen LogP contribution >= 0.6 is 0 Å². The third kappa shape index (κ3) is 1.89. The first-order valence-electron chi connectivity index (χ1n) is 6.69. The molecule has 1 atom stereocenters. The molecule has 1 aromatic heterocycles. The molecule has 2 aromatic carbocycles. The third-order valence-electron chi connectivity index (χ3n) is 3.85. The number of hydrogen-bond acceptors (Lipinski definition) is 4. The van der Waals surface area contributed by atoms with Gasteiger partial charge in [-0.25, -0.2) is 4.39 Å². The average Bonchev–Trinajstić information content (AvgIpc) is 2.93. The van der Waals surface area contributed by atoms with Crippen molar-refractivity contribution in [2.75, 3.05) is 5.73 Å². The van der Waals surface area contributed by atoms with Crippen LogP contribution in [-0.2, 0) is 6.42 Å². The highest BCUT2D eigenvalue weighted by molar-refractivity contribution is 5.60. The zero-order chi connectivity index (χ0) is 14.4. The molecule has 21 heavy (non-hydrogen) atoms. The van der Waals surface area contributed by atoms with Gasteiger partial charge in [-0.2, -0.15) is 4.98 Å². The van der Waals surface area contributed by atoms with E-state index in [9.17, 15) is 4.39 Å². The number of fused-ring (bicyclic) bond motifs is 1. The highest BCUT2D eigenvalue weighted by atomic mass is 19.1. The smallest absolute Gasteiger partial charge is 0.258 e. The second kappa shape index (κ2) is 4.41. The summed E-state index contributed by atoms with van der Waals surface area (Å²) >= 11 is 0. The van der Waals surface area contributed by atoms with E-state index in [1.807, 2.05) is 12.1 Å². The predicted octanol–water partition coefficient (Wildman–Crippen LogP) is 3.15. The van der Waals surface area contributed by atoms with Crippen LogP contribution in [0.5, 0.6) is 0 Å². The summed E-state index contributed by atoms with van der Waals surface area (Å²) in [5, 5.41) is 4.04. The minimum atomic E-state index is -0.452. The van der Waals surface area contributed by atoms with Gasteiger partial charge >= 0.3 is 0 Å². The van der Waals surface area contributed by atoms with E-state index in [-0.39, 0.29) is 11.6 Å². The molecule has 0 amide bonds. The summed E-state index contributed by atoms with van der Waals surface area (Å²) in [4.78, 5) is 4.42. The third-order valence-corrected chi connectivity index (χ3v) is 3.85. The van der Waals surface area contributed by atoms with E-state index in [1.54, 1.807) is 6.07 Å². The van der Waals surface area contributed by atoms with Crippen LogP contribution in [0.3, 0.4) is 0 Å². The number of nitrogens with zero attached hydrogens (tertiary/aromatic N) is 2. The Hall–Kier alpha value is -2.69. The Bertz CT molecular complexity index is 828. The summed E-state index contributed by atoms with van der Waals surface area (Å²) in [6, 6.07) is 12.6. The van der Waals surface area contributed by atoms with E-state index in [4.69, 9.17) is 10.3 Å². The molecule has 0 saturated carbocycles. The highest BCUT2D eigenvalue weighted by Gasteiger charge is 2.31. The number of nitrogens with two attached hydrogens (primary N) is 1. The Morgan fingerprint density at radius 3 is 2.86 bits per heavy atom. The van der Waals surface area contributed by atoms with Crippen molar-refractivity contribution in [3.63, 3.8) is 0 Å². The van der Waals surface area contributed by atoms with Crippen LogP contribution in [0.15, 0.2) is 47.0 Å². The minimum absolute atomic E-state index is 0.0706. The second-order valence-electron chi connectivity index (χ2n) is 5.15. The molecule has 0 spiro atoms. The molecule has 0 bridgehead atoms. The van der Waals surface area contributed by atoms with E-state index < -0.39 is 5.82 Å². The predicted molar refractivity (Wildman–Crippen MR) is 76.1 cm³/mol. The Balaban J connectivity index is 1.66. The molecule has 0 saturated heterocycles. The molecule has 0 aliphatic heterocycles. The summed E-state index contributed by atoms with van der Waals surface area (Å²) in [7, 11) is 0. The van der Waals surface area contributed by atoms with Crippen LogP contribution < -0.4 is 5.73 Å². The highest BCUT2D eigenvalue weighted by Crippen LogP contribution is 2.39. The molecular weight excluding hydrogens is 269 g/mol. The van der Waals surface area contributed by atoms with Crippen LogP contribution in [0.25, 0.3) is 11.5 Å². The maximum atomic E-state index is 13.2. The van der Waals surface area contributed by atoms with Crippen LogP contribution in [0, 0.1) is 5.82 Å². The van der Waals surface area contributed by atoms with E-state index in [2.05, 4.69) is 22.3 Å². The largest absolute Gasteiger partial charge is 0.396 e. The van der Waals surface area contributed by atoms with Gasteiger partial charge in [-0.3, -0.25) is 0 Å². The van der Waals surface area contributed by atoms with Crippen molar-refractivity contribution in [2.24, 2.45) is 0 Å². The van der Waals surface area contributed by atoms with Gasteiger partial charge in [0, 0.05) is 5.56 Å². The maximum Gasteiger partial charge on any atom is 0.258 e. The first-order chi connectivity index (χ1) is 10.2. The molecule has 4 nitrogen and oxygen atoms in total. The van der Waals surface area contributed by atoms with Crippen molar-refractivity contribution in [1.29, 1.82) is 0 Å². The fourth-order valence-corrected chi connectivity index (χ4v) is 2.66. The summed E-state index contributed by atoms with van der Waals surface area (Å²) in [5.41, 5.74) is 8.81. The number of benzene rings is 2.